The molecule has 2 aliphatic rings. The van der Waals surface area contributed by atoms with Crippen molar-refractivity contribution in [1.82, 2.24) is 25.1 Å². The maximum atomic E-state index is 12.9. The van der Waals surface area contributed by atoms with Crippen LogP contribution in [0.25, 0.3) is 0 Å². The number of allylic oxidation sites excluding steroid dienone is 1. The number of aldehydes is 1. The van der Waals surface area contributed by atoms with Crippen LogP contribution >= 0.6 is 0 Å². The van der Waals surface area contributed by atoms with Crippen molar-refractivity contribution in [3.05, 3.63) is 48.7 Å². The quantitative estimate of drug-likeness (QED) is 0.304. The average Bonchev–Trinajstić information content (AvgIpc) is 2.91. The van der Waals surface area contributed by atoms with Gasteiger partial charge in [-0.25, -0.2) is 5.01 Å². The lowest BCUT2D eigenvalue weighted by Crippen LogP contribution is -2.68. The summed E-state index contributed by atoms with van der Waals surface area (Å²) >= 11 is 0. The van der Waals surface area contributed by atoms with Gasteiger partial charge in [0.05, 0.1) is 12.6 Å². The number of nitrogens with zero attached hydrogens (tertiary/aromatic N) is 4. The Balaban J connectivity index is 0. The first kappa shape index (κ1) is 37.9. The van der Waals surface area contributed by atoms with Crippen molar-refractivity contribution < 1.29 is 9.59 Å². The van der Waals surface area contributed by atoms with Gasteiger partial charge in [-0.05, 0) is 33.5 Å². The number of likely N-dealkylation sites (N-methyl/N-ethyl adjacent to an activating group) is 2. The second-order valence-corrected chi connectivity index (χ2v) is 9.06. The van der Waals surface area contributed by atoms with E-state index in [1.165, 1.54) is 12.8 Å². The van der Waals surface area contributed by atoms with Gasteiger partial charge in [-0.3, -0.25) is 14.7 Å². The molecular weight excluding hydrogens is 476 g/mol. The molecule has 1 heterocycles. The lowest BCUT2D eigenvalue weighted by Gasteiger charge is -2.52. The Labute approximate surface area is 234 Å². The smallest absolute Gasteiger partial charge is 0.241 e. The van der Waals surface area contributed by atoms with E-state index >= 15 is 0 Å². The van der Waals surface area contributed by atoms with Crippen LogP contribution in [0.15, 0.2) is 48.7 Å². The minimum atomic E-state index is -0.524. The number of rotatable bonds is 11. The van der Waals surface area contributed by atoms with Gasteiger partial charge in [0.1, 0.15) is 12.5 Å². The molecule has 220 valence electrons. The maximum absolute atomic E-state index is 12.9. The van der Waals surface area contributed by atoms with Crippen LogP contribution in [0.2, 0.25) is 0 Å². The standard InChI is InChI=1S/C22H36N6O2.C4H10.2C2H6/c1-7-10-26-14-22(30)27(17(4)15-29)21(28(26)16(2)3)13-25(6)12-18-8-9-19(23)20(11-18)24-5;1-3-4-2;2*1-2/h7-9,11,15,17,19-21,24H,1-2,10,12-14,23H2,3-6H3;3-4H2,1-2H3;2*1-2H3/t17-,19?,20?,21?;;;/m0.../s1. The van der Waals surface area contributed by atoms with Gasteiger partial charge in [-0.2, -0.15) is 0 Å². The summed E-state index contributed by atoms with van der Waals surface area (Å²) in [6, 6.07) is -0.476. The van der Waals surface area contributed by atoms with Crippen LogP contribution in [0.5, 0.6) is 0 Å². The number of unbranched alkanes of at least 4 members (excludes halogenated alkanes) is 1. The molecule has 0 aromatic carbocycles. The number of amides is 1. The lowest BCUT2D eigenvalue weighted by atomic mass is 9.98. The van der Waals surface area contributed by atoms with Gasteiger partial charge in [0, 0.05) is 37.4 Å². The predicted octanol–water partition coefficient (Wildman–Crippen LogP) is 4.18. The third kappa shape index (κ3) is 12.1. The second-order valence-electron chi connectivity index (χ2n) is 9.06. The van der Waals surface area contributed by atoms with E-state index in [9.17, 15) is 9.59 Å². The van der Waals surface area contributed by atoms with E-state index < -0.39 is 6.04 Å². The summed E-state index contributed by atoms with van der Waals surface area (Å²) in [5, 5.41) is 7.16. The van der Waals surface area contributed by atoms with E-state index in [1.54, 1.807) is 17.9 Å². The van der Waals surface area contributed by atoms with E-state index in [4.69, 9.17) is 5.73 Å². The van der Waals surface area contributed by atoms with E-state index in [0.717, 1.165) is 17.6 Å². The van der Waals surface area contributed by atoms with Crippen molar-refractivity contribution in [1.29, 1.82) is 0 Å². The topological polar surface area (TPSA) is 85.2 Å². The highest BCUT2D eigenvalue weighted by atomic mass is 16.2. The van der Waals surface area contributed by atoms with Gasteiger partial charge >= 0.3 is 0 Å². The number of carbonyl (C=O) groups excluding carboxylic acids is 2. The van der Waals surface area contributed by atoms with Gasteiger partial charge in [0.25, 0.3) is 0 Å². The van der Waals surface area contributed by atoms with Crippen molar-refractivity contribution in [3.8, 4) is 0 Å². The van der Waals surface area contributed by atoms with Crippen molar-refractivity contribution in [2.75, 3.05) is 40.3 Å². The minimum absolute atomic E-state index is 0.0460. The fraction of sp³-hybridized carbons (Fsp3) is 0.667. The Morgan fingerprint density at radius 2 is 1.84 bits per heavy atom. The maximum Gasteiger partial charge on any atom is 0.241 e. The average molecular weight is 535 g/mol. The normalized spacial score (nSPS) is 21.6. The van der Waals surface area contributed by atoms with Crippen LogP contribution in [0.1, 0.15) is 68.2 Å². The summed E-state index contributed by atoms with van der Waals surface area (Å²) in [6.07, 6.45) is 11.1. The highest BCUT2D eigenvalue weighted by molar-refractivity contribution is 5.82. The number of hydrogen-bond acceptors (Lipinski definition) is 7. The molecule has 0 aromatic heterocycles. The van der Waals surface area contributed by atoms with E-state index in [1.807, 2.05) is 70.9 Å². The zero-order valence-corrected chi connectivity index (χ0v) is 26.0. The summed E-state index contributed by atoms with van der Waals surface area (Å²) in [6.45, 7) is 25.9. The summed E-state index contributed by atoms with van der Waals surface area (Å²) in [5.74, 6) is -0.0784. The summed E-state index contributed by atoms with van der Waals surface area (Å²) < 4.78 is 0. The molecule has 1 amide bonds. The molecule has 1 saturated heterocycles. The van der Waals surface area contributed by atoms with E-state index in [0.29, 0.717) is 19.6 Å². The number of hydrazine groups is 1. The number of carbonyl (C=O) groups is 2. The zero-order valence-electron chi connectivity index (χ0n) is 26.0. The fourth-order valence-electron chi connectivity index (χ4n) is 4.10. The Morgan fingerprint density at radius 3 is 2.29 bits per heavy atom. The molecule has 38 heavy (non-hydrogen) atoms. The van der Waals surface area contributed by atoms with Gasteiger partial charge in [-0.15, -0.1) is 6.58 Å². The largest absolute Gasteiger partial charge is 0.323 e. The molecule has 0 bridgehead atoms. The third-order valence-corrected chi connectivity index (χ3v) is 5.98. The predicted molar refractivity (Wildman–Crippen MR) is 163 cm³/mol. The molecule has 1 aliphatic carbocycles. The van der Waals surface area contributed by atoms with Gasteiger partial charge in [0.15, 0.2) is 0 Å². The highest BCUT2D eigenvalue weighted by Gasteiger charge is 2.41. The Kier molecular flexibility index (Phi) is 21.6. The van der Waals surface area contributed by atoms with Crippen LogP contribution in [0, 0.1) is 0 Å². The number of nitrogens with one attached hydrogen (secondary N) is 1. The van der Waals surface area contributed by atoms with Crippen molar-refractivity contribution in [2.24, 2.45) is 5.73 Å². The van der Waals surface area contributed by atoms with Crippen LogP contribution < -0.4 is 11.1 Å². The molecule has 0 spiro atoms. The van der Waals surface area contributed by atoms with Crippen LogP contribution in [-0.2, 0) is 9.59 Å². The van der Waals surface area contributed by atoms with Gasteiger partial charge in [-0.1, -0.05) is 85.3 Å². The zero-order chi connectivity index (χ0) is 29.8. The SMILES string of the molecule is C=CCN1CC(=O)N([C@@H](C)C=O)C(CN(C)CC2=CC(NC)C(N)C=C2)N1C(=C)C.CC.CC.CCCC. The minimum Gasteiger partial charge on any atom is -0.323 e. The lowest BCUT2D eigenvalue weighted by molar-refractivity contribution is -0.176. The summed E-state index contributed by atoms with van der Waals surface area (Å²) in [4.78, 5) is 28.3. The molecule has 0 aromatic rings. The van der Waals surface area contributed by atoms with Crippen LogP contribution in [0.4, 0.5) is 0 Å². The molecular formula is C30H58N6O2. The molecule has 1 aliphatic heterocycles. The van der Waals surface area contributed by atoms with E-state index in [-0.39, 0.29) is 30.7 Å². The molecule has 3 unspecified atom stereocenters. The first-order valence-corrected chi connectivity index (χ1v) is 14.2. The van der Waals surface area contributed by atoms with Crippen LogP contribution in [0.3, 0.4) is 0 Å². The molecule has 0 saturated carbocycles. The Bertz CT molecular complexity index is 749. The molecule has 4 atom stereocenters. The van der Waals surface area contributed by atoms with Crippen molar-refractivity contribution in [2.45, 2.75) is 92.5 Å². The van der Waals surface area contributed by atoms with Gasteiger partial charge < -0.3 is 20.7 Å². The van der Waals surface area contributed by atoms with Crippen LogP contribution in [-0.4, -0.2) is 96.6 Å². The second kappa shape index (κ2) is 21.6. The first-order valence-electron chi connectivity index (χ1n) is 14.2. The molecule has 2 rings (SSSR count). The first-order chi connectivity index (χ1) is 18.1. The number of nitrogens with two attached hydrogens (primary N) is 1. The molecule has 1 fully saturated rings. The highest BCUT2D eigenvalue weighted by Crippen LogP contribution is 2.24. The molecule has 8 heteroatoms. The Hall–Kier alpha value is -2.26. The fourth-order valence-corrected chi connectivity index (χ4v) is 4.10. The number of hydrogen-bond donors (Lipinski definition) is 2. The third-order valence-electron chi connectivity index (χ3n) is 5.98. The van der Waals surface area contributed by atoms with E-state index in [2.05, 4.69) is 43.3 Å². The van der Waals surface area contributed by atoms with Gasteiger partial charge in [0.2, 0.25) is 5.91 Å². The summed E-state index contributed by atoms with van der Waals surface area (Å²) in [5.41, 5.74) is 8.06. The molecule has 8 nitrogen and oxygen atoms in total. The molecule has 3 N–H and O–H groups in total. The van der Waals surface area contributed by atoms with Crippen molar-refractivity contribution in [3.63, 3.8) is 0 Å². The summed E-state index contributed by atoms with van der Waals surface area (Å²) in [7, 11) is 3.90. The van der Waals surface area contributed by atoms with Crippen molar-refractivity contribution >= 4 is 12.2 Å². The monoisotopic (exact) mass is 534 g/mol. The Morgan fingerprint density at radius 1 is 1.26 bits per heavy atom. The molecule has 0 radical (unpaired) electrons.